The topological polar surface area (TPSA) is 95.7 Å². The highest BCUT2D eigenvalue weighted by Crippen LogP contribution is 2.35. The molecule has 1 aromatic carbocycles. The summed E-state index contributed by atoms with van der Waals surface area (Å²) in [4.78, 5) is 2.01. The van der Waals surface area contributed by atoms with E-state index in [-0.39, 0.29) is 15.6 Å². The Morgan fingerprint density at radius 3 is 2.56 bits per heavy atom. The molecule has 1 heterocycles. The molecule has 0 aromatic heterocycles. The fraction of sp³-hybridized carbons (Fsp3) is 0.400. The average molecular weight is 292 g/mol. The van der Waals surface area contributed by atoms with Gasteiger partial charge in [0.05, 0.1) is 10.7 Å². The number of hydrazine groups is 1. The van der Waals surface area contributed by atoms with E-state index >= 15 is 0 Å². The van der Waals surface area contributed by atoms with E-state index in [1.807, 2.05) is 0 Å². The van der Waals surface area contributed by atoms with Crippen LogP contribution < -0.4 is 10.6 Å². The lowest BCUT2D eigenvalue weighted by atomic mass is 10.3. The quantitative estimate of drug-likeness (QED) is 0.568. The zero-order chi connectivity index (χ0) is 13.3. The lowest BCUT2D eigenvalue weighted by molar-refractivity contribution is 0.299. The number of phenolic OH excluding ortho intramolecular Hbond substituents is 1. The summed E-state index contributed by atoms with van der Waals surface area (Å²) in [7, 11) is -3.91. The molecule has 0 radical (unpaired) electrons. The number of sulfonamides is 1. The molecule has 18 heavy (non-hydrogen) atoms. The minimum Gasteiger partial charge on any atom is -0.504 e. The summed E-state index contributed by atoms with van der Waals surface area (Å²) < 4.78 is 24.3. The number of aromatic hydroxyl groups is 1. The molecule has 6 nitrogen and oxygen atoms in total. The third-order valence-electron chi connectivity index (χ3n) is 2.74. The Balaban J connectivity index is 2.37. The Labute approximate surface area is 110 Å². The predicted molar refractivity (Wildman–Crippen MR) is 68.7 cm³/mol. The lowest BCUT2D eigenvalue weighted by Crippen LogP contribution is -2.40. The van der Waals surface area contributed by atoms with Gasteiger partial charge in [0.25, 0.3) is 10.0 Å². The molecular weight excluding hydrogens is 278 g/mol. The molecule has 1 aromatic rings. The molecule has 0 atom stereocenters. The number of nitrogens with one attached hydrogen (secondary N) is 1. The Morgan fingerprint density at radius 1 is 1.33 bits per heavy atom. The molecule has 2 rings (SSSR count). The van der Waals surface area contributed by atoms with Crippen molar-refractivity contribution in [2.75, 3.05) is 18.8 Å². The van der Waals surface area contributed by atoms with Gasteiger partial charge in [-0.2, -0.15) is 0 Å². The maximum Gasteiger partial charge on any atom is 0.258 e. The Kier molecular flexibility index (Phi) is 3.67. The van der Waals surface area contributed by atoms with Crippen molar-refractivity contribution in [3.05, 3.63) is 17.2 Å². The predicted octanol–water partition coefficient (Wildman–Crippen LogP) is 0.917. The number of rotatable bonds is 3. The zero-order valence-electron chi connectivity index (χ0n) is 9.56. The van der Waals surface area contributed by atoms with Gasteiger partial charge in [0, 0.05) is 13.1 Å². The van der Waals surface area contributed by atoms with Gasteiger partial charge in [-0.05, 0) is 25.0 Å². The average Bonchev–Trinajstić information content (AvgIpc) is 2.75. The van der Waals surface area contributed by atoms with Gasteiger partial charge >= 0.3 is 0 Å². The largest absolute Gasteiger partial charge is 0.504 e. The van der Waals surface area contributed by atoms with Crippen molar-refractivity contribution in [1.82, 2.24) is 9.84 Å². The van der Waals surface area contributed by atoms with Crippen molar-refractivity contribution >= 4 is 27.3 Å². The van der Waals surface area contributed by atoms with Crippen LogP contribution in [0.4, 0.5) is 5.69 Å². The number of hydrogen-bond acceptors (Lipinski definition) is 5. The van der Waals surface area contributed by atoms with E-state index < -0.39 is 15.8 Å². The van der Waals surface area contributed by atoms with Gasteiger partial charge in [-0.15, -0.1) is 4.83 Å². The van der Waals surface area contributed by atoms with E-state index in [9.17, 15) is 13.5 Å². The number of halogens is 1. The summed E-state index contributed by atoms with van der Waals surface area (Å²) in [5.74, 6) is -0.519. The number of phenols is 1. The van der Waals surface area contributed by atoms with Crippen molar-refractivity contribution in [3.63, 3.8) is 0 Å². The molecule has 1 saturated heterocycles. The molecule has 0 spiro atoms. The van der Waals surface area contributed by atoms with Gasteiger partial charge in [0.15, 0.2) is 5.75 Å². The lowest BCUT2D eigenvalue weighted by Gasteiger charge is -2.18. The summed E-state index contributed by atoms with van der Waals surface area (Å²) in [5, 5.41) is 11.3. The minimum absolute atomic E-state index is 0.0267. The molecule has 8 heteroatoms. The monoisotopic (exact) mass is 291 g/mol. The van der Waals surface area contributed by atoms with Crippen molar-refractivity contribution < 1.29 is 13.5 Å². The van der Waals surface area contributed by atoms with Crippen LogP contribution in [0.15, 0.2) is 17.0 Å². The van der Waals surface area contributed by atoms with Gasteiger partial charge in [-0.1, -0.05) is 11.6 Å². The second kappa shape index (κ2) is 4.93. The number of nitrogens with zero attached hydrogens (tertiary/aromatic N) is 1. The number of nitrogens with two attached hydrogens (primary N) is 1. The van der Waals surface area contributed by atoms with Crippen LogP contribution in [0.25, 0.3) is 0 Å². The van der Waals surface area contributed by atoms with Crippen molar-refractivity contribution in [2.45, 2.75) is 17.7 Å². The van der Waals surface area contributed by atoms with Crippen molar-refractivity contribution in [1.29, 1.82) is 0 Å². The summed E-state index contributed by atoms with van der Waals surface area (Å²) in [6.45, 7) is 1.28. The highest BCUT2D eigenvalue weighted by Gasteiger charge is 2.27. The van der Waals surface area contributed by atoms with E-state index in [1.165, 1.54) is 12.1 Å². The van der Waals surface area contributed by atoms with Crippen LogP contribution in [-0.2, 0) is 10.0 Å². The Bertz CT molecular complexity index is 556. The molecule has 0 bridgehead atoms. The van der Waals surface area contributed by atoms with E-state index in [1.54, 1.807) is 5.01 Å². The van der Waals surface area contributed by atoms with Gasteiger partial charge in [0.1, 0.15) is 4.90 Å². The number of anilines is 1. The third kappa shape index (κ3) is 2.54. The van der Waals surface area contributed by atoms with Gasteiger partial charge in [-0.25, -0.2) is 13.4 Å². The van der Waals surface area contributed by atoms with Crippen LogP contribution in [0, 0.1) is 0 Å². The number of nitrogen functional groups attached to an aromatic ring is 1. The maximum atomic E-state index is 12.1. The highest BCUT2D eigenvalue weighted by atomic mass is 35.5. The molecule has 1 aliphatic heterocycles. The number of hydrogen-bond donors (Lipinski definition) is 3. The first-order chi connectivity index (χ1) is 8.42. The molecule has 4 N–H and O–H groups in total. The van der Waals surface area contributed by atoms with Gasteiger partial charge < -0.3 is 10.8 Å². The first-order valence-electron chi connectivity index (χ1n) is 5.46. The van der Waals surface area contributed by atoms with E-state index in [0.29, 0.717) is 13.1 Å². The summed E-state index contributed by atoms with van der Waals surface area (Å²) in [5.41, 5.74) is 5.45. The second-order valence-corrected chi connectivity index (χ2v) is 6.11. The van der Waals surface area contributed by atoms with Crippen molar-refractivity contribution in [3.8, 4) is 5.75 Å². The fourth-order valence-corrected chi connectivity index (χ4v) is 3.61. The number of benzene rings is 1. The molecular formula is C10H14ClN3O3S. The second-order valence-electron chi connectivity index (χ2n) is 4.10. The SMILES string of the molecule is Nc1ccc(Cl)c(S(=O)(=O)NN2CCCC2)c1O. The maximum absolute atomic E-state index is 12.1. The van der Waals surface area contributed by atoms with Crippen LogP contribution in [0.3, 0.4) is 0 Å². The third-order valence-corrected chi connectivity index (χ3v) is 4.62. The summed E-state index contributed by atoms with van der Waals surface area (Å²) in [6.07, 6.45) is 1.86. The highest BCUT2D eigenvalue weighted by molar-refractivity contribution is 7.89. The summed E-state index contributed by atoms with van der Waals surface area (Å²) in [6, 6.07) is 2.70. The van der Waals surface area contributed by atoms with Crippen LogP contribution >= 0.6 is 11.6 Å². The zero-order valence-corrected chi connectivity index (χ0v) is 11.1. The smallest absolute Gasteiger partial charge is 0.258 e. The van der Waals surface area contributed by atoms with E-state index in [2.05, 4.69) is 4.83 Å². The summed E-state index contributed by atoms with van der Waals surface area (Å²) >= 11 is 5.82. The molecule has 1 fully saturated rings. The first kappa shape index (κ1) is 13.4. The van der Waals surface area contributed by atoms with Crippen LogP contribution in [0.2, 0.25) is 5.02 Å². The first-order valence-corrected chi connectivity index (χ1v) is 7.32. The van der Waals surface area contributed by atoms with Crippen LogP contribution in [-0.4, -0.2) is 31.6 Å². The normalized spacial score (nSPS) is 17.2. The molecule has 0 aliphatic carbocycles. The van der Waals surface area contributed by atoms with E-state index in [4.69, 9.17) is 17.3 Å². The van der Waals surface area contributed by atoms with Crippen LogP contribution in [0.1, 0.15) is 12.8 Å². The van der Waals surface area contributed by atoms with Crippen LogP contribution in [0.5, 0.6) is 5.75 Å². The van der Waals surface area contributed by atoms with Gasteiger partial charge in [-0.3, -0.25) is 0 Å². The Hall–Kier alpha value is -1.02. The standard InChI is InChI=1S/C10H14ClN3O3S/c11-7-3-4-8(12)9(15)10(7)18(16,17)13-14-5-1-2-6-14/h3-4,13,15H,1-2,5-6,12H2. The minimum atomic E-state index is -3.91. The molecule has 0 unspecified atom stereocenters. The van der Waals surface area contributed by atoms with Crippen molar-refractivity contribution in [2.24, 2.45) is 0 Å². The van der Waals surface area contributed by atoms with Gasteiger partial charge in [0.2, 0.25) is 0 Å². The molecule has 100 valence electrons. The fourth-order valence-electron chi connectivity index (χ4n) is 1.84. The molecule has 0 saturated carbocycles. The van der Waals surface area contributed by atoms with E-state index in [0.717, 1.165) is 12.8 Å². The molecule has 1 aliphatic rings. The Morgan fingerprint density at radius 2 is 1.94 bits per heavy atom. The molecule has 0 amide bonds.